The molecular weight excluding hydrogens is 394 g/mol. The predicted molar refractivity (Wildman–Crippen MR) is 100 cm³/mol. The van der Waals surface area contributed by atoms with E-state index in [4.69, 9.17) is 10.00 Å². The van der Waals surface area contributed by atoms with E-state index in [2.05, 4.69) is 15.1 Å². The van der Waals surface area contributed by atoms with Crippen LogP contribution < -0.4 is 4.74 Å². The zero-order valence-electron chi connectivity index (χ0n) is 15.7. The highest BCUT2D eigenvalue weighted by atomic mass is 19.3. The van der Waals surface area contributed by atoms with Crippen LogP contribution in [0.4, 0.5) is 8.78 Å². The van der Waals surface area contributed by atoms with Crippen LogP contribution in [-0.4, -0.2) is 43.6 Å². The minimum atomic E-state index is -2.66. The molecule has 3 heterocycles. The van der Waals surface area contributed by atoms with Gasteiger partial charge in [-0.05, 0) is 11.1 Å². The molecule has 0 N–H and O–H groups in total. The number of rotatable bonds is 7. The van der Waals surface area contributed by atoms with E-state index in [0.29, 0.717) is 12.2 Å². The van der Waals surface area contributed by atoms with Gasteiger partial charge < -0.3 is 9.64 Å². The predicted octanol–water partition coefficient (Wildman–Crippen LogP) is 2.66. The third kappa shape index (κ3) is 3.96. The van der Waals surface area contributed by atoms with Crippen LogP contribution in [0.15, 0.2) is 43.0 Å². The fraction of sp³-hybridized carbons (Fsp3) is 0.250. The number of aromatic nitrogens is 4. The molecule has 10 heteroatoms. The summed E-state index contributed by atoms with van der Waals surface area (Å²) in [6.45, 7) is -0.0629. The second-order valence-corrected chi connectivity index (χ2v) is 6.65. The Kier molecular flexibility index (Phi) is 5.34. The van der Waals surface area contributed by atoms with Crippen molar-refractivity contribution < 1.29 is 18.3 Å². The Balaban J connectivity index is 1.46. The Morgan fingerprint density at radius 3 is 2.73 bits per heavy atom. The van der Waals surface area contributed by atoms with Gasteiger partial charge in [-0.1, -0.05) is 24.3 Å². The SMILES string of the molecule is N#CCn1cc(-c2ccc(CN3Cc4ncnc(OCC(F)F)c4C3=O)cc2)cn1. The summed E-state index contributed by atoms with van der Waals surface area (Å²) in [6.07, 6.45) is 2.02. The van der Waals surface area contributed by atoms with Crippen molar-refractivity contribution in [2.24, 2.45) is 0 Å². The zero-order valence-corrected chi connectivity index (χ0v) is 15.7. The number of nitriles is 1. The molecule has 3 aromatic rings. The van der Waals surface area contributed by atoms with Crippen molar-refractivity contribution in [1.82, 2.24) is 24.6 Å². The average Bonchev–Trinajstić information content (AvgIpc) is 3.32. The van der Waals surface area contributed by atoms with E-state index in [-0.39, 0.29) is 30.4 Å². The molecule has 1 aromatic carbocycles. The van der Waals surface area contributed by atoms with Crippen molar-refractivity contribution in [3.63, 3.8) is 0 Å². The van der Waals surface area contributed by atoms with Gasteiger partial charge in [-0.2, -0.15) is 10.4 Å². The summed E-state index contributed by atoms with van der Waals surface area (Å²) in [6, 6.07) is 9.65. The maximum atomic E-state index is 12.8. The van der Waals surface area contributed by atoms with Gasteiger partial charge in [-0.15, -0.1) is 0 Å². The highest BCUT2D eigenvalue weighted by Gasteiger charge is 2.33. The molecule has 152 valence electrons. The maximum absolute atomic E-state index is 12.8. The highest BCUT2D eigenvalue weighted by Crippen LogP contribution is 2.29. The van der Waals surface area contributed by atoms with Crippen molar-refractivity contribution in [2.45, 2.75) is 26.1 Å². The van der Waals surface area contributed by atoms with Gasteiger partial charge >= 0.3 is 0 Å². The molecule has 0 spiro atoms. The summed E-state index contributed by atoms with van der Waals surface area (Å²) in [7, 11) is 0. The molecule has 1 amide bonds. The van der Waals surface area contributed by atoms with Crippen LogP contribution in [0.1, 0.15) is 21.6 Å². The summed E-state index contributed by atoms with van der Waals surface area (Å²) >= 11 is 0. The molecule has 0 radical (unpaired) electrons. The van der Waals surface area contributed by atoms with Crippen LogP contribution >= 0.6 is 0 Å². The molecule has 4 rings (SSSR count). The molecule has 1 aliphatic heterocycles. The zero-order chi connectivity index (χ0) is 21.1. The van der Waals surface area contributed by atoms with Gasteiger partial charge in [0, 0.05) is 18.3 Å². The van der Waals surface area contributed by atoms with Crippen molar-refractivity contribution in [3.8, 4) is 23.1 Å². The standard InChI is InChI=1S/C20H16F2N6O2/c21-17(22)11-30-19-18-16(24-12-25-19)10-27(20(18)29)8-13-1-3-14(4-2-13)15-7-26-28(9-15)6-5-23/h1-4,7,9,12,17H,6,8,10-11H2. The van der Waals surface area contributed by atoms with Crippen LogP contribution in [0, 0.1) is 11.3 Å². The Morgan fingerprint density at radius 1 is 1.20 bits per heavy atom. The monoisotopic (exact) mass is 410 g/mol. The third-order valence-corrected chi connectivity index (χ3v) is 4.61. The van der Waals surface area contributed by atoms with E-state index in [1.807, 2.05) is 30.3 Å². The summed E-state index contributed by atoms with van der Waals surface area (Å²) in [5.74, 6) is -0.464. The first-order chi connectivity index (χ1) is 14.5. The van der Waals surface area contributed by atoms with Gasteiger partial charge in [-0.3, -0.25) is 9.48 Å². The number of carbonyl (C=O) groups is 1. The molecule has 1 aliphatic rings. The quantitative estimate of drug-likeness (QED) is 0.594. The van der Waals surface area contributed by atoms with Crippen molar-refractivity contribution >= 4 is 5.91 Å². The van der Waals surface area contributed by atoms with Crippen LogP contribution in [0.5, 0.6) is 5.88 Å². The molecule has 30 heavy (non-hydrogen) atoms. The van der Waals surface area contributed by atoms with Gasteiger partial charge in [0.15, 0.2) is 6.61 Å². The molecule has 0 bridgehead atoms. The summed E-state index contributed by atoms with van der Waals surface area (Å²) in [4.78, 5) is 22.2. The van der Waals surface area contributed by atoms with Crippen molar-refractivity contribution in [3.05, 3.63) is 59.8 Å². The Labute approximate surface area is 170 Å². The number of benzene rings is 1. The average molecular weight is 410 g/mol. The molecule has 0 fully saturated rings. The molecule has 0 saturated carbocycles. The van der Waals surface area contributed by atoms with E-state index in [1.165, 1.54) is 6.33 Å². The van der Waals surface area contributed by atoms with E-state index >= 15 is 0 Å². The normalized spacial score (nSPS) is 12.9. The van der Waals surface area contributed by atoms with E-state index in [0.717, 1.165) is 16.7 Å². The first-order valence-electron chi connectivity index (χ1n) is 9.08. The molecule has 2 aromatic heterocycles. The minimum absolute atomic E-state index is 0.113. The fourth-order valence-corrected chi connectivity index (χ4v) is 3.22. The Bertz CT molecular complexity index is 1110. The molecule has 0 saturated heterocycles. The number of amides is 1. The highest BCUT2D eigenvalue weighted by molar-refractivity contribution is 5.99. The van der Waals surface area contributed by atoms with Crippen molar-refractivity contribution in [2.75, 3.05) is 6.61 Å². The van der Waals surface area contributed by atoms with Crippen LogP contribution in [0.2, 0.25) is 0 Å². The lowest BCUT2D eigenvalue weighted by Gasteiger charge is -2.15. The molecule has 0 aliphatic carbocycles. The number of nitrogens with zero attached hydrogens (tertiary/aromatic N) is 6. The maximum Gasteiger partial charge on any atom is 0.272 e. The largest absolute Gasteiger partial charge is 0.471 e. The van der Waals surface area contributed by atoms with Crippen molar-refractivity contribution in [1.29, 1.82) is 5.26 Å². The summed E-state index contributed by atoms with van der Waals surface area (Å²) in [5.41, 5.74) is 3.32. The van der Waals surface area contributed by atoms with E-state index < -0.39 is 13.0 Å². The van der Waals surface area contributed by atoms with Gasteiger partial charge in [0.2, 0.25) is 5.88 Å². The van der Waals surface area contributed by atoms with Crippen LogP contribution in [-0.2, 0) is 19.6 Å². The molecule has 0 atom stereocenters. The molecular formula is C20H16F2N6O2. The van der Waals surface area contributed by atoms with Crippen LogP contribution in [0.25, 0.3) is 11.1 Å². The first-order valence-corrected chi connectivity index (χ1v) is 9.08. The minimum Gasteiger partial charge on any atom is -0.471 e. The summed E-state index contributed by atoms with van der Waals surface area (Å²) < 4.78 is 31.4. The van der Waals surface area contributed by atoms with Gasteiger partial charge in [0.05, 0.1) is 24.5 Å². The van der Waals surface area contributed by atoms with Crippen LogP contribution in [0.3, 0.4) is 0 Å². The number of hydrogen-bond acceptors (Lipinski definition) is 6. The second-order valence-electron chi connectivity index (χ2n) is 6.65. The van der Waals surface area contributed by atoms with E-state index in [1.54, 1.807) is 22.0 Å². The van der Waals surface area contributed by atoms with Gasteiger partial charge in [0.25, 0.3) is 12.3 Å². The topological polar surface area (TPSA) is 96.9 Å². The van der Waals surface area contributed by atoms with Gasteiger partial charge in [-0.25, -0.2) is 18.7 Å². The fourth-order valence-electron chi connectivity index (χ4n) is 3.22. The molecule has 0 unspecified atom stereocenters. The van der Waals surface area contributed by atoms with E-state index in [9.17, 15) is 13.6 Å². The Morgan fingerprint density at radius 2 is 2.00 bits per heavy atom. The lowest BCUT2D eigenvalue weighted by molar-refractivity contribution is 0.0719. The lowest BCUT2D eigenvalue weighted by atomic mass is 10.1. The number of alkyl halides is 2. The second kappa shape index (κ2) is 8.24. The smallest absolute Gasteiger partial charge is 0.272 e. The number of carbonyl (C=O) groups excluding carboxylic acids is 1. The molecule has 8 nitrogen and oxygen atoms in total. The van der Waals surface area contributed by atoms with Gasteiger partial charge in [0.1, 0.15) is 18.4 Å². The first kappa shape index (κ1) is 19.4. The number of halogens is 2. The third-order valence-electron chi connectivity index (χ3n) is 4.61. The number of ether oxygens (including phenoxy) is 1. The Hall–Kier alpha value is -3.87. The lowest BCUT2D eigenvalue weighted by Crippen LogP contribution is -2.23. The summed E-state index contributed by atoms with van der Waals surface area (Å²) in [5, 5.41) is 12.9. The number of fused-ring (bicyclic) bond motifs is 1. The number of hydrogen-bond donors (Lipinski definition) is 0.